The summed E-state index contributed by atoms with van der Waals surface area (Å²) in [4.78, 5) is 0. The number of benzene rings is 1. The first-order chi connectivity index (χ1) is 11.3. The van der Waals surface area contributed by atoms with E-state index in [1.54, 1.807) is 11.8 Å². The summed E-state index contributed by atoms with van der Waals surface area (Å²) in [6.45, 7) is 1.000. The maximum atomic E-state index is 4.36. The van der Waals surface area contributed by atoms with Crippen LogP contribution in [0.15, 0.2) is 35.5 Å². The van der Waals surface area contributed by atoms with Crippen molar-refractivity contribution in [2.24, 2.45) is 7.05 Å². The zero-order valence-electron chi connectivity index (χ0n) is 13.9. The Morgan fingerprint density at radius 2 is 1.91 bits per heavy atom. The van der Waals surface area contributed by atoms with Crippen LogP contribution in [-0.4, -0.2) is 27.4 Å². The number of hydrogen-bond acceptors (Lipinski definition) is 4. The van der Waals surface area contributed by atoms with Gasteiger partial charge in [-0.15, -0.1) is 10.2 Å². The molecule has 1 saturated carbocycles. The van der Waals surface area contributed by atoms with E-state index >= 15 is 0 Å². The Hall–Kier alpha value is -1.33. The monoisotopic (exact) mass is 330 g/mol. The minimum atomic E-state index is 0.712. The molecule has 0 radical (unpaired) electrons. The summed E-state index contributed by atoms with van der Waals surface area (Å²) in [6, 6.07) is 11.2. The molecule has 1 aliphatic rings. The minimum absolute atomic E-state index is 0.712. The number of thioether (sulfide) groups is 1. The fraction of sp³-hybridized carbons (Fsp3) is 0.556. The van der Waals surface area contributed by atoms with Crippen LogP contribution in [0.1, 0.15) is 43.5 Å². The van der Waals surface area contributed by atoms with Gasteiger partial charge in [-0.25, -0.2) is 0 Å². The Labute approximate surface area is 143 Å². The summed E-state index contributed by atoms with van der Waals surface area (Å²) in [5.74, 6) is 2.01. The maximum absolute atomic E-state index is 4.36. The summed E-state index contributed by atoms with van der Waals surface area (Å²) in [5.41, 5.74) is 1.32. The predicted molar refractivity (Wildman–Crippen MR) is 95.6 cm³/mol. The molecule has 1 N–H and O–H groups in total. The third-order valence-corrected chi connectivity index (χ3v) is 5.61. The van der Waals surface area contributed by atoms with E-state index in [2.05, 4.69) is 51.4 Å². The molecule has 0 atom stereocenters. The Morgan fingerprint density at radius 3 is 2.70 bits per heavy atom. The second-order valence-corrected chi connectivity index (χ2v) is 7.21. The smallest absolute Gasteiger partial charge is 0.191 e. The molecular weight excluding hydrogens is 304 g/mol. The third kappa shape index (κ3) is 4.82. The van der Waals surface area contributed by atoms with Gasteiger partial charge in [0.2, 0.25) is 0 Å². The predicted octanol–water partition coefficient (Wildman–Crippen LogP) is 3.57. The maximum Gasteiger partial charge on any atom is 0.191 e. The van der Waals surface area contributed by atoms with Gasteiger partial charge < -0.3 is 9.88 Å². The molecule has 0 amide bonds. The standard InChI is InChI=1S/C18H26N4S/c1-22-17(12-13-19-16-10-6-3-7-11-16)20-21-18(22)23-14-15-8-4-2-5-9-15/h2,4-5,8-9,16,19H,3,6-7,10-14H2,1H3. The molecule has 0 bridgehead atoms. The van der Waals surface area contributed by atoms with Gasteiger partial charge in [0.1, 0.15) is 5.82 Å². The highest BCUT2D eigenvalue weighted by Gasteiger charge is 2.13. The van der Waals surface area contributed by atoms with E-state index in [-0.39, 0.29) is 0 Å². The Morgan fingerprint density at radius 1 is 1.13 bits per heavy atom. The normalized spacial score (nSPS) is 15.9. The molecule has 124 valence electrons. The van der Waals surface area contributed by atoms with Crippen molar-refractivity contribution in [3.63, 3.8) is 0 Å². The van der Waals surface area contributed by atoms with Crippen LogP contribution in [0.5, 0.6) is 0 Å². The molecule has 1 aliphatic carbocycles. The Balaban J connectivity index is 1.46. The van der Waals surface area contributed by atoms with Crippen LogP contribution < -0.4 is 5.32 Å². The van der Waals surface area contributed by atoms with Crippen LogP contribution in [0, 0.1) is 0 Å². The van der Waals surface area contributed by atoms with Crippen LogP contribution in [0.3, 0.4) is 0 Å². The van der Waals surface area contributed by atoms with Crippen molar-refractivity contribution in [1.29, 1.82) is 0 Å². The first-order valence-corrected chi connectivity index (χ1v) is 9.60. The van der Waals surface area contributed by atoms with Crippen molar-refractivity contribution in [2.75, 3.05) is 6.54 Å². The van der Waals surface area contributed by atoms with Gasteiger partial charge in [0, 0.05) is 31.8 Å². The molecule has 0 unspecified atom stereocenters. The molecule has 23 heavy (non-hydrogen) atoms. The topological polar surface area (TPSA) is 42.7 Å². The van der Waals surface area contributed by atoms with Crippen molar-refractivity contribution in [2.45, 2.75) is 55.5 Å². The van der Waals surface area contributed by atoms with Gasteiger partial charge in [0.25, 0.3) is 0 Å². The van der Waals surface area contributed by atoms with Crippen LogP contribution in [0.25, 0.3) is 0 Å². The van der Waals surface area contributed by atoms with E-state index in [9.17, 15) is 0 Å². The summed E-state index contributed by atoms with van der Waals surface area (Å²) >= 11 is 1.75. The lowest BCUT2D eigenvalue weighted by Crippen LogP contribution is -2.32. The van der Waals surface area contributed by atoms with E-state index in [4.69, 9.17) is 0 Å². The highest BCUT2D eigenvalue weighted by atomic mass is 32.2. The number of nitrogens with zero attached hydrogens (tertiary/aromatic N) is 3. The Kier molecular flexibility index (Phi) is 6.11. The highest BCUT2D eigenvalue weighted by molar-refractivity contribution is 7.98. The lowest BCUT2D eigenvalue weighted by atomic mass is 9.95. The number of rotatable bonds is 7. The second kappa shape index (κ2) is 8.50. The second-order valence-electron chi connectivity index (χ2n) is 6.27. The van der Waals surface area contributed by atoms with Crippen LogP contribution >= 0.6 is 11.8 Å². The van der Waals surface area contributed by atoms with Crippen molar-refractivity contribution in [3.8, 4) is 0 Å². The van der Waals surface area contributed by atoms with E-state index < -0.39 is 0 Å². The van der Waals surface area contributed by atoms with E-state index in [1.807, 2.05) is 6.07 Å². The molecular formula is C18H26N4S. The van der Waals surface area contributed by atoms with Gasteiger partial charge in [-0.2, -0.15) is 0 Å². The molecule has 1 fully saturated rings. The average Bonchev–Trinajstić information content (AvgIpc) is 2.95. The summed E-state index contributed by atoms with van der Waals surface area (Å²) in [7, 11) is 2.07. The van der Waals surface area contributed by atoms with Crippen LogP contribution in [0.4, 0.5) is 0 Å². The SMILES string of the molecule is Cn1c(CCNC2CCCCC2)nnc1SCc1ccccc1. The molecule has 3 rings (SSSR count). The Bertz CT molecular complexity index is 590. The van der Waals surface area contributed by atoms with E-state index in [0.29, 0.717) is 6.04 Å². The molecule has 1 aromatic heterocycles. The van der Waals surface area contributed by atoms with Crippen LogP contribution in [-0.2, 0) is 19.2 Å². The highest BCUT2D eigenvalue weighted by Crippen LogP contribution is 2.21. The van der Waals surface area contributed by atoms with Crippen molar-refractivity contribution < 1.29 is 0 Å². The summed E-state index contributed by atoms with van der Waals surface area (Å²) < 4.78 is 2.14. The zero-order chi connectivity index (χ0) is 15.9. The van der Waals surface area contributed by atoms with Crippen LogP contribution in [0.2, 0.25) is 0 Å². The minimum Gasteiger partial charge on any atom is -0.314 e. The van der Waals surface area contributed by atoms with Gasteiger partial charge in [0.15, 0.2) is 5.16 Å². The van der Waals surface area contributed by atoms with Crippen molar-refractivity contribution in [3.05, 3.63) is 41.7 Å². The molecule has 0 spiro atoms. The van der Waals surface area contributed by atoms with E-state index in [0.717, 1.165) is 29.7 Å². The number of nitrogens with one attached hydrogen (secondary N) is 1. The average molecular weight is 331 g/mol. The first-order valence-electron chi connectivity index (χ1n) is 8.61. The summed E-state index contributed by atoms with van der Waals surface area (Å²) in [6.07, 6.45) is 7.77. The van der Waals surface area contributed by atoms with Gasteiger partial charge >= 0.3 is 0 Å². The number of hydrogen-bond donors (Lipinski definition) is 1. The molecule has 1 heterocycles. The van der Waals surface area contributed by atoms with Gasteiger partial charge in [-0.05, 0) is 18.4 Å². The molecule has 5 heteroatoms. The van der Waals surface area contributed by atoms with E-state index in [1.165, 1.54) is 37.7 Å². The first kappa shape index (κ1) is 16.5. The third-order valence-electron chi connectivity index (χ3n) is 4.52. The lowest BCUT2D eigenvalue weighted by Gasteiger charge is -2.22. The lowest BCUT2D eigenvalue weighted by molar-refractivity contribution is 0.374. The molecule has 0 aliphatic heterocycles. The van der Waals surface area contributed by atoms with Gasteiger partial charge in [-0.3, -0.25) is 0 Å². The fourth-order valence-electron chi connectivity index (χ4n) is 3.11. The molecule has 1 aromatic carbocycles. The molecule has 2 aromatic rings. The number of aromatic nitrogens is 3. The molecule has 0 saturated heterocycles. The van der Waals surface area contributed by atoms with Gasteiger partial charge in [0.05, 0.1) is 0 Å². The molecule has 4 nitrogen and oxygen atoms in total. The van der Waals surface area contributed by atoms with Gasteiger partial charge in [-0.1, -0.05) is 61.4 Å². The van der Waals surface area contributed by atoms with Crippen molar-refractivity contribution >= 4 is 11.8 Å². The van der Waals surface area contributed by atoms with Crippen molar-refractivity contribution in [1.82, 2.24) is 20.1 Å². The quantitative estimate of drug-likeness (QED) is 0.788. The fourth-order valence-corrected chi connectivity index (χ4v) is 3.99. The largest absolute Gasteiger partial charge is 0.314 e. The summed E-state index contributed by atoms with van der Waals surface area (Å²) in [5, 5.41) is 13.4. The zero-order valence-corrected chi connectivity index (χ0v) is 14.7.